The zero-order valence-corrected chi connectivity index (χ0v) is 22.0. The molecule has 3 aromatic carbocycles. The van der Waals surface area contributed by atoms with Crippen LogP contribution in [0.1, 0.15) is 31.8 Å². The van der Waals surface area contributed by atoms with Gasteiger partial charge in [0, 0.05) is 26.9 Å². The van der Waals surface area contributed by atoms with Gasteiger partial charge in [-0.05, 0) is 43.2 Å². The number of carbonyl (C=O) groups excluding carboxylic acids is 2. The van der Waals surface area contributed by atoms with E-state index >= 15 is 0 Å². The minimum absolute atomic E-state index is 0.304. The number of anilines is 1. The molecule has 0 radical (unpaired) electrons. The number of aromatic nitrogens is 1. The number of amides is 1. The number of nitrogens with one attached hydrogen (secondary N) is 1. The lowest BCUT2D eigenvalue weighted by Gasteiger charge is -2.15. The summed E-state index contributed by atoms with van der Waals surface area (Å²) in [6.45, 7) is 3.93. The third-order valence-electron chi connectivity index (χ3n) is 6.25. The van der Waals surface area contributed by atoms with E-state index in [-0.39, 0.29) is 5.91 Å². The molecule has 0 spiro atoms. The molecule has 37 heavy (non-hydrogen) atoms. The normalized spacial score (nSPS) is 10.9. The van der Waals surface area contributed by atoms with Gasteiger partial charge >= 0.3 is 5.97 Å². The molecule has 5 nitrogen and oxygen atoms in total. The topological polar surface area (TPSA) is 68.3 Å². The molecule has 5 rings (SSSR count). The second kappa shape index (κ2) is 10.2. The van der Waals surface area contributed by atoms with Gasteiger partial charge in [-0.15, -0.1) is 11.3 Å². The van der Waals surface area contributed by atoms with Crippen LogP contribution in [0.2, 0.25) is 5.02 Å². The molecule has 0 fully saturated rings. The van der Waals surface area contributed by atoms with Gasteiger partial charge in [0.2, 0.25) is 0 Å². The van der Waals surface area contributed by atoms with Gasteiger partial charge in [0.05, 0.1) is 23.9 Å². The highest BCUT2D eigenvalue weighted by Crippen LogP contribution is 2.38. The minimum atomic E-state index is -0.529. The van der Waals surface area contributed by atoms with Crippen LogP contribution in [-0.2, 0) is 4.74 Å². The number of halogens is 1. The summed E-state index contributed by atoms with van der Waals surface area (Å²) in [5.74, 6) is -0.850. The maximum atomic E-state index is 13.8. The molecule has 184 valence electrons. The number of nitrogens with zero attached hydrogens (tertiary/aromatic N) is 1. The number of hydrogen-bond acceptors (Lipinski definition) is 5. The van der Waals surface area contributed by atoms with Gasteiger partial charge in [-0.3, -0.25) is 4.79 Å². The van der Waals surface area contributed by atoms with Crippen LogP contribution in [0.5, 0.6) is 0 Å². The summed E-state index contributed by atoms with van der Waals surface area (Å²) in [6, 6.07) is 22.8. The van der Waals surface area contributed by atoms with E-state index in [1.807, 2.05) is 79.9 Å². The van der Waals surface area contributed by atoms with E-state index in [2.05, 4.69) is 5.32 Å². The second-order valence-corrected chi connectivity index (χ2v) is 9.97. The Balaban J connectivity index is 1.62. The van der Waals surface area contributed by atoms with E-state index in [9.17, 15) is 9.59 Å². The molecule has 0 aliphatic carbocycles. The van der Waals surface area contributed by atoms with Crippen molar-refractivity contribution in [3.05, 3.63) is 105 Å². The molecule has 0 aliphatic heterocycles. The first-order valence-corrected chi connectivity index (χ1v) is 12.9. The number of carbonyl (C=O) groups is 2. The Labute approximate surface area is 223 Å². The van der Waals surface area contributed by atoms with Gasteiger partial charge in [-0.1, -0.05) is 71.8 Å². The fraction of sp³-hybridized carbons (Fsp3) is 0.100. The average molecular weight is 527 g/mol. The smallest absolute Gasteiger partial charge is 0.341 e. The van der Waals surface area contributed by atoms with Gasteiger partial charge in [-0.25, -0.2) is 9.78 Å². The van der Waals surface area contributed by atoms with E-state index in [1.165, 1.54) is 18.4 Å². The first-order chi connectivity index (χ1) is 17.9. The number of para-hydroxylation sites is 1. The fourth-order valence-electron chi connectivity index (χ4n) is 4.35. The highest BCUT2D eigenvalue weighted by molar-refractivity contribution is 7.15. The van der Waals surface area contributed by atoms with E-state index < -0.39 is 5.97 Å². The SMILES string of the molecule is COC(=O)c1c(-c2ccc(Cl)cc2)csc1NC(=O)c1c(C)c(-c2ccc(C)cc2)nc2ccccc12. The van der Waals surface area contributed by atoms with E-state index in [4.69, 9.17) is 21.3 Å². The molecular weight excluding hydrogens is 504 g/mol. The molecule has 1 amide bonds. The van der Waals surface area contributed by atoms with Gasteiger partial charge in [-0.2, -0.15) is 0 Å². The van der Waals surface area contributed by atoms with Crippen molar-refractivity contribution in [2.45, 2.75) is 13.8 Å². The summed E-state index contributed by atoms with van der Waals surface area (Å²) in [6.07, 6.45) is 0. The van der Waals surface area contributed by atoms with Crippen molar-refractivity contribution in [3.8, 4) is 22.4 Å². The number of ether oxygens (including phenoxy) is 1. The van der Waals surface area contributed by atoms with Gasteiger partial charge in [0.25, 0.3) is 5.91 Å². The van der Waals surface area contributed by atoms with Crippen molar-refractivity contribution in [1.82, 2.24) is 4.98 Å². The number of hydrogen-bond donors (Lipinski definition) is 1. The molecule has 5 aromatic rings. The van der Waals surface area contributed by atoms with Crippen molar-refractivity contribution in [3.63, 3.8) is 0 Å². The zero-order valence-electron chi connectivity index (χ0n) is 20.5. The molecule has 0 atom stereocenters. The Morgan fingerprint density at radius 3 is 2.27 bits per heavy atom. The van der Waals surface area contributed by atoms with Gasteiger partial charge in [0.1, 0.15) is 10.6 Å². The molecule has 2 heterocycles. The van der Waals surface area contributed by atoms with Crippen molar-refractivity contribution < 1.29 is 14.3 Å². The predicted octanol–water partition coefficient (Wildman–Crippen LogP) is 7.94. The maximum absolute atomic E-state index is 13.8. The molecule has 7 heteroatoms. The number of aryl methyl sites for hydroxylation is 1. The monoisotopic (exact) mass is 526 g/mol. The maximum Gasteiger partial charge on any atom is 0.341 e. The van der Waals surface area contributed by atoms with Crippen LogP contribution < -0.4 is 5.32 Å². The number of esters is 1. The average Bonchev–Trinajstić information content (AvgIpc) is 3.32. The second-order valence-electron chi connectivity index (χ2n) is 8.65. The van der Waals surface area contributed by atoms with Crippen LogP contribution in [0.25, 0.3) is 33.3 Å². The molecular formula is C30H23ClN2O3S. The van der Waals surface area contributed by atoms with Gasteiger partial charge < -0.3 is 10.1 Å². The number of benzene rings is 3. The third-order valence-corrected chi connectivity index (χ3v) is 7.40. The zero-order chi connectivity index (χ0) is 26.1. The standard InChI is InChI=1S/C30H23ClN2O3S/c1-17-8-10-20(11-9-17)27-18(2)25(22-6-4-5-7-24(22)32-27)28(34)33-29-26(30(35)36-3)23(16-37-29)19-12-14-21(31)15-13-19/h4-16H,1-3H3,(H,33,34). The quantitative estimate of drug-likeness (QED) is 0.236. The van der Waals surface area contributed by atoms with Crippen molar-refractivity contribution in [2.24, 2.45) is 0 Å². The highest BCUT2D eigenvalue weighted by Gasteiger charge is 2.25. The fourth-order valence-corrected chi connectivity index (χ4v) is 5.43. The van der Waals surface area contributed by atoms with Crippen molar-refractivity contribution in [1.29, 1.82) is 0 Å². The Morgan fingerprint density at radius 2 is 1.57 bits per heavy atom. The van der Waals surface area contributed by atoms with Crippen LogP contribution in [0.4, 0.5) is 5.00 Å². The van der Waals surface area contributed by atoms with Crippen LogP contribution >= 0.6 is 22.9 Å². The third kappa shape index (κ3) is 4.73. The summed E-state index contributed by atoms with van der Waals surface area (Å²) in [5.41, 5.74) is 6.57. The lowest BCUT2D eigenvalue weighted by molar-refractivity contribution is 0.0603. The molecule has 0 aliphatic rings. The molecule has 0 unspecified atom stereocenters. The lowest BCUT2D eigenvalue weighted by Crippen LogP contribution is -2.17. The Hall–Kier alpha value is -4.00. The summed E-state index contributed by atoms with van der Waals surface area (Å²) >= 11 is 7.32. The van der Waals surface area contributed by atoms with Crippen LogP contribution in [0, 0.1) is 13.8 Å². The Bertz CT molecular complexity index is 1640. The summed E-state index contributed by atoms with van der Waals surface area (Å²) < 4.78 is 5.07. The van der Waals surface area contributed by atoms with Crippen LogP contribution in [-0.4, -0.2) is 24.0 Å². The number of pyridine rings is 1. The highest BCUT2D eigenvalue weighted by atomic mass is 35.5. The number of thiophene rings is 1. The van der Waals surface area contributed by atoms with Crippen molar-refractivity contribution in [2.75, 3.05) is 12.4 Å². The molecule has 1 N–H and O–H groups in total. The van der Waals surface area contributed by atoms with Crippen molar-refractivity contribution >= 4 is 50.7 Å². The molecule has 0 saturated heterocycles. The number of methoxy groups -OCH3 is 1. The first-order valence-electron chi connectivity index (χ1n) is 11.6. The molecule has 0 saturated carbocycles. The Morgan fingerprint density at radius 1 is 0.892 bits per heavy atom. The number of rotatable bonds is 5. The molecule has 2 aromatic heterocycles. The van der Waals surface area contributed by atoms with Crippen LogP contribution in [0.15, 0.2) is 78.2 Å². The summed E-state index contributed by atoms with van der Waals surface area (Å²) in [7, 11) is 1.33. The molecule has 0 bridgehead atoms. The summed E-state index contributed by atoms with van der Waals surface area (Å²) in [4.78, 5) is 31.5. The lowest BCUT2D eigenvalue weighted by atomic mass is 9.96. The van der Waals surface area contributed by atoms with Gasteiger partial charge in [0.15, 0.2) is 0 Å². The predicted molar refractivity (Wildman–Crippen MR) is 151 cm³/mol. The number of fused-ring (bicyclic) bond motifs is 1. The summed E-state index contributed by atoms with van der Waals surface area (Å²) in [5, 5.41) is 6.57. The largest absolute Gasteiger partial charge is 0.465 e. The first kappa shape index (κ1) is 24.7. The van der Waals surface area contributed by atoms with E-state index in [1.54, 1.807) is 12.1 Å². The van der Waals surface area contributed by atoms with E-state index in [0.717, 1.165) is 38.9 Å². The Kier molecular flexibility index (Phi) is 6.78. The van der Waals surface area contributed by atoms with E-state index in [0.29, 0.717) is 26.7 Å². The minimum Gasteiger partial charge on any atom is -0.465 e. The van der Waals surface area contributed by atoms with Crippen LogP contribution in [0.3, 0.4) is 0 Å².